The van der Waals surface area contributed by atoms with Gasteiger partial charge in [-0.15, -0.1) is 0 Å². The molecule has 0 bridgehead atoms. The number of hydrogen-bond acceptors (Lipinski definition) is 3. The summed E-state index contributed by atoms with van der Waals surface area (Å²) in [5.41, 5.74) is 4.15. The number of carbonyl (C=O) groups is 1. The molecule has 3 nitrogen and oxygen atoms in total. The van der Waals surface area contributed by atoms with Crippen molar-refractivity contribution in [3.8, 4) is 0 Å². The first kappa shape index (κ1) is 15.1. The molecule has 0 spiro atoms. The summed E-state index contributed by atoms with van der Waals surface area (Å²) >= 11 is 0. The van der Waals surface area contributed by atoms with Crippen LogP contribution in [-0.4, -0.2) is 12.6 Å². The maximum atomic E-state index is 12.2. The molecule has 0 aliphatic rings. The Labute approximate surface area is 126 Å². The van der Waals surface area contributed by atoms with Gasteiger partial charge in [-0.2, -0.15) is 0 Å². The van der Waals surface area contributed by atoms with E-state index in [2.05, 4.69) is 5.32 Å². The van der Waals surface area contributed by atoms with Gasteiger partial charge < -0.3 is 10.1 Å². The van der Waals surface area contributed by atoms with Crippen LogP contribution in [0.3, 0.4) is 0 Å². The quantitative estimate of drug-likeness (QED) is 0.842. The van der Waals surface area contributed by atoms with Crippen LogP contribution in [0.5, 0.6) is 0 Å². The van der Waals surface area contributed by atoms with E-state index in [0.717, 1.165) is 16.8 Å². The molecule has 2 rings (SSSR count). The molecule has 21 heavy (non-hydrogen) atoms. The lowest BCUT2D eigenvalue weighted by Crippen LogP contribution is -2.23. The molecule has 3 heteroatoms. The molecule has 0 saturated heterocycles. The lowest BCUT2D eigenvalue weighted by molar-refractivity contribution is -0.144. The molecule has 0 radical (unpaired) electrons. The molecule has 0 heterocycles. The van der Waals surface area contributed by atoms with Gasteiger partial charge in [-0.1, -0.05) is 47.5 Å². The number of ether oxygens (including phenoxy) is 1. The highest BCUT2D eigenvalue weighted by Gasteiger charge is 2.21. The molecule has 0 amide bonds. The van der Waals surface area contributed by atoms with Crippen LogP contribution in [0.2, 0.25) is 0 Å². The van der Waals surface area contributed by atoms with Crippen LogP contribution in [0.15, 0.2) is 48.5 Å². The smallest absolute Gasteiger partial charge is 0.333 e. The number of aryl methyl sites for hydroxylation is 2. The number of esters is 1. The second-order valence-electron chi connectivity index (χ2n) is 5.11. The van der Waals surface area contributed by atoms with Crippen molar-refractivity contribution >= 4 is 11.7 Å². The Morgan fingerprint density at radius 3 is 2.05 bits per heavy atom. The fourth-order valence-electron chi connectivity index (χ4n) is 2.08. The van der Waals surface area contributed by atoms with Gasteiger partial charge >= 0.3 is 5.97 Å². The molecular weight excluding hydrogens is 262 g/mol. The monoisotopic (exact) mass is 283 g/mol. The molecule has 0 aliphatic carbocycles. The molecule has 0 aliphatic heterocycles. The van der Waals surface area contributed by atoms with E-state index in [0.29, 0.717) is 6.61 Å². The zero-order chi connectivity index (χ0) is 15.2. The number of anilines is 1. The van der Waals surface area contributed by atoms with Gasteiger partial charge in [0.25, 0.3) is 0 Å². The van der Waals surface area contributed by atoms with Crippen LogP contribution in [0.4, 0.5) is 5.69 Å². The predicted octanol–water partition coefficient (Wildman–Crippen LogP) is 4.02. The second kappa shape index (κ2) is 6.93. The minimum absolute atomic E-state index is 0.262. The summed E-state index contributed by atoms with van der Waals surface area (Å²) in [7, 11) is 0. The Bertz CT molecular complexity index is 588. The Morgan fingerprint density at radius 2 is 1.52 bits per heavy atom. The number of hydrogen-bond donors (Lipinski definition) is 1. The molecule has 1 atom stereocenters. The topological polar surface area (TPSA) is 38.3 Å². The maximum Gasteiger partial charge on any atom is 0.333 e. The summed E-state index contributed by atoms with van der Waals surface area (Å²) in [5.74, 6) is -0.262. The molecule has 2 aromatic carbocycles. The average molecular weight is 283 g/mol. The van der Waals surface area contributed by atoms with Crippen molar-refractivity contribution in [3.63, 3.8) is 0 Å². The van der Waals surface area contributed by atoms with Gasteiger partial charge in [-0.3, -0.25) is 0 Å². The summed E-state index contributed by atoms with van der Waals surface area (Å²) < 4.78 is 5.18. The van der Waals surface area contributed by atoms with Crippen LogP contribution in [0.1, 0.15) is 29.7 Å². The minimum atomic E-state index is -0.492. The minimum Gasteiger partial charge on any atom is -0.464 e. The third-order valence-electron chi connectivity index (χ3n) is 3.30. The van der Waals surface area contributed by atoms with E-state index in [1.165, 1.54) is 5.56 Å². The zero-order valence-electron chi connectivity index (χ0n) is 12.7. The lowest BCUT2D eigenvalue weighted by atomic mass is 10.0. The predicted molar refractivity (Wildman–Crippen MR) is 85.4 cm³/mol. The fourth-order valence-corrected chi connectivity index (χ4v) is 2.08. The molecule has 0 aromatic heterocycles. The Balaban J connectivity index is 2.25. The normalized spacial score (nSPS) is 11.8. The summed E-state index contributed by atoms with van der Waals surface area (Å²) in [5, 5.41) is 3.25. The van der Waals surface area contributed by atoms with Crippen molar-refractivity contribution in [2.75, 3.05) is 11.9 Å². The van der Waals surface area contributed by atoms with E-state index < -0.39 is 6.04 Å². The standard InChI is InChI=1S/C18H21NO2/c1-4-21-18(20)17(15-9-5-13(2)6-10-15)19-16-11-7-14(3)8-12-16/h5-12,17,19H,4H2,1-3H3. The van der Waals surface area contributed by atoms with Crippen molar-refractivity contribution in [2.24, 2.45) is 0 Å². The van der Waals surface area contributed by atoms with Crippen molar-refractivity contribution < 1.29 is 9.53 Å². The first-order chi connectivity index (χ1) is 10.1. The van der Waals surface area contributed by atoms with Gasteiger partial charge in [0.15, 0.2) is 6.04 Å². The molecule has 2 aromatic rings. The van der Waals surface area contributed by atoms with Gasteiger partial charge in [0.05, 0.1) is 6.61 Å². The van der Waals surface area contributed by atoms with Crippen LogP contribution >= 0.6 is 0 Å². The second-order valence-corrected chi connectivity index (χ2v) is 5.11. The Kier molecular flexibility index (Phi) is 4.99. The summed E-state index contributed by atoms with van der Waals surface area (Å²) in [6.07, 6.45) is 0. The number of nitrogens with one attached hydrogen (secondary N) is 1. The van der Waals surface area contributed by atoms with E-state index in [9.17, 15) is 4.79 Å². The van der Waals surface area contributed by atoms with Crippen molar-refractivity contribution in [2.45, 2.75) is 26.8 Å². The molecule has 1 unspecified atom stereocenters. The average Bonchev–Trinajstić information content (AvgIpc) is 2.48. The largest absolute Gasteiger partial charge is 0.464 e. The molecule has 110 valence electrons. The third-order valence-corrected chi connectivity index (χ3v) is 3.30. The van der Waals surface area contributed by atoms with E-state index in [1.807, 2.05) is 69.3 Å². The first-order valence-corrected chi connectivity index (χ1v) is 7.16. The van der Waals surface area contributed by atoms with Gasteiger partial charge in [0.1, 0.15) is 0 Å². The van der Waals surface area contributed by atoms with E-state index in [1.54, 1.807) is 0 Å². The number of carbonyl (C=O) groups excluding carboxylic acids is 1. The molecular formula is C18H21NO2. The SMILES string of the molecule is CCOC(=O)C(Nc1ccc(C)cc1)c1ccc(C)cc1. The van der Waals surface area contributed by atoms with Crippen LogP contribution in [0.25, 0.3) is 0 Å². The zero-order valence-corrected chi connectivity index (χ0v) is 12.7. The number of benzene rings is 2. The van der Waals surface area contributed by atoms with Gasteiger partial charge in [0, 0.05) is 5.69 Å². The van der Waals surface area contributed by atoms with Gasteiger partial charge in [-0.05, 0) is 38.5 Å². The van der Waals surface area contributed by atoms with Crippen molar-refractivity contribution in [1.29, 1.82) is 0 Å². The van der Waals surface area contributed by atoms with Crippen molar-refractivity contribution in [3.05, 3.63) is 65.2 Å². The Hall–Kier alpha value is -2.29. The van der Waals surface area contributed by atoms with E-state index >= 15 is 0 Å². The van der Waals surface area contributed by atoms with Crippen LogP contribution < -0.4 is 5.32 Å². The first-order valence-electron chi connectivity index (χ1n) is 7.16. The molecule has 1 N–H and O–H groups in total. The molecule has 0 fully saturated rings. The van der Waals surface area contributed by atoms with E-state index in [-0.39, 0.29) is 5.97 Å². The highest BCUT2D eigenvalue weighted by molar-refractivity contribution is 5.81. The summed E-state index contributed by atoms with van der Waals surface area (Å²) in [6.45, 7) is 6.25. The highest BCUT2D eigenvalue weighted by Crippen LogP contribution is 2.22. The summed E-state index contributed by atoms with van der Waals surface area (Å²) in [4.78, 5) is 12.2. The maximum absolute atomic E-state index is 12.2. The fraction of sp³-hybridized carbons (Fsp3) is 0.278. The van der Waals surface area contributed by atoms with E-state index in [4.69, 9.17) is 4.74 Å². The van der Waals surface area contributed by atoms with Crippen LogP contribution in [0, 0.1) is 13.8 Å². The Morgan fingerprint density at radius 1 is 1.00 bits per heavy atom. The van der Waals surface area contributed by atoms with Crippen LogP contribution in [-0.2, 0) is 9.53 Å². The number of rotatable bonds is 5. The third kappa shape index (κ3) is 4.09. The highest BCUT2D eigenvalue weighted by atomic mass is 16.5. The summed E-state index contributed by atoms with van der Waals surface area (Å²) in [6, 6.07) is 15.4. The molecule has 0 saturated carbocycles. The van der Waals surface area contributed by atoms with Gasteiger partial charge in [0.2, 0.25) is 0 Å². The lowest BCUT2D eigenvalue weighted by Gasteiger charge is -2.19. The van der Waals surface area contributed by atoms with Gasteiger partial charge in [-0.25, -0.2) is 4.79 Å². The van der Waals surface area contributed by atoms with Crippen molar-refractivity contribution in [1.82, 2.24) is 0 Å².